The van der Waals surface area contributed by atoms with E-state index >= 15 is 0 Å². The number of aliphatic carboxylic acids is 1. The molecule has 2 fully saturated rings. The fraction of sp³-hybridized carbons (Fsp3) is 0.364. The van der Waals surface area contributed by atoms with E-state index in [1.807, 2.05) is 0 Å². The Labute approximate surface area is 172 Å². The van der Waals surface area contributed by atoms with Crippen LogP contribution in [0.2, 0.25) is 0 Å². The van der Waals surface area contributed by atoms with Crippen molar-refractivity contribution in [2.45, 2.75) is 31.1 Å². The van der Waals surface area contributed by atoms with E-state index in [2.05, 4.69) is 0 Å². The molecular formula is C22H21F2NO5. The molecule has 0 bridgehead atoms. The highest BCUT2D eigenvalue weighted by Crippen LogP contribution is 2.37. The number of hydrogen-bond acceptors (Lipinski definition) is 4. The zero-order chi connectivity index (χ0) is 21.5. The van der Waals surface area contributed by atoms with Gasteiger partial charge in [-0.15, -0.1) is 0 Å². The number of likely N-dealkylation sites (tertiary alicyclic amines) is 1. The first-order valence-electron chi connectivity index (χ1n) is 9.66. The van der Waals surface area contributed by atoms with Crippen LogP contribution in [0.3, 0.4) is 0 Å². The van der Waals surface area contributed by atoms with Crippen LogP contribution < -0.4 is 0 Å². The van der Waals surface area contributed by atoms with Crippen molar-refractivity contribution in [2.75, 3.05) is 19.8 Å². The van der Waals surface area contributed by atoms with Crippen LogP contribution in [-0.4, -0.2) is 53.5 Å². The van der Waals surface area contributed by atoms with E-state index < -0.39 is 35.4 Å². The monoisotopic (exact) mass is 417 g/mol. The molecule has 1 amide bonds. The van der Waals surface area contributed by atoms with E-state index in [0.29, 0.717) is 24.3 Å². The molecule has 0 saturated carbocycles. The number of halogens is 2. The summed E-state index contributed by atoms with van der Waals surface area (Å²) < 4.78 is 38.3. The number of carbonyl (C=O) groups is 2. The summed E-state index contributed by atoms with van der Waals surface area (Å²) in [5.41, 5.74) is 1.46. The molecule has 4 rings (SSSR count). The molecule has 6 nitrogen and oxygen atoms in total. The lowest BCUT2D eigenvalue weighted by Gasteiger charge is -2.26. The molecule has 0 radical (unpaired) electrons. The van der Waals surface area contributed by atoms with E-state index in [1.165, 1.54) is 17.0 Å². The highest BCUT2D eigenvalue weighted by molar-refractivity contribution is 5.89. The Bertz CT molecular complexity index is 972. The molecule has 0 aromatic heterocycles. The number of hydrogen-bond donors (Lipinski definition) is 1. The van der Waals surface area contributed by atoms with Gasteiger partial charge in [-0.25, -0.2) is 13.6 Å². The molecule has 8 heteroatoms. The van der Waals surface area contributed by atoms with Crippen molar-refractivity contribution in [3.05, 3.63) is 59.7 Å². The second kappa shape index (κ2) is 7.77. The van der Waals surface area contributed by atoms with Gasteiger partial charge in [-0.05, 0) is 30.2 Å². The Kier molecular flexibility index (Phi) is 5.29. The summed E-state index contributed by atoms with van der Waals surface area (Å²) in [5.74, 6) is -4.44. The van der Waals surface area contributed by atoms with Crippen molar-refractivity contribution >= 4 is 11.9 Å². The van der Waals surface area contributed by atoms with Gasteiger partial charge in [0.15, 0.2) is 5.79 Å². The van der Waals surface area contributed by atoms with E-state index in [9.17, 15) is 23.5 Å². The third-order valence-corrected chi connectivity index (χ3v) is 5.70. The van der Waals surface area contributed by atoms with Gasteiger partial charge in [0.25, 0.3) is 0 Å². The van der Waals surface area contributed by atoms with Crippen LogP contribution in [0.15, 0.2) is 42.5 Å². The molecule has 30 heavy (non-hydrogen) atoms. The van der Waals surface area contributed by atoms with Gasteiger partial charge < -0.3 is 19.5 Å². The Morgan fingerprint density at radius 2 is 1.80 bits per heavy atom. The summed E-state index contributed by atoms with van der Waals surface area (Å²) >= 11 is 0. The molecule has 2 aliphatic heterocycles. The Morgan fingerprint density at radius 3 is 2.40 bits per heavy atom. The van der Waals surface area contributed by atoms with Crippen LogP contribution in [0.4, 0.5) is 8.78 Å². The van der Waals surface area contributed by atoms with Crippen LogP contribution in [0.25, 0.3) is 11.1 Å². The normalized spacial score (nSPS) is 21.2. The summed E-state index contributed by atoms with van der Waals surface area (Å²) in [6.07, 6.45) is 0.0869. The highest BCUT2D eigenvalue weighted by Gasteiger charge is 2.53. The maximum atomic E-state index is 14.0. The quantitative estimate of drug-likeness (QED) is 0.827. The number of nitrogens with zero attached hydrogens (tertiary/aromatic N) is 1. The molecule has 2 unspecified atom stereocenters. The van der Waals surface area contributed by atoms with Crippen LogP contribution >= 0.6 is 0 Å². The average molecular weight is 417 g/mol. The van der Waals surface area contributed by atoms with Crippen molar-refractivity contribution in [3.63, 3.8) is 0 Å². The zero-order valence-electron chi connectivity index (χ0n) is 16.3. The minimum absolute atomic E-state index is 0.0615. The molecule has 2 aromatic carbocycles. The molecule has 158 valence electrons. The van der Waals surface area contributed by atoms with Gasteiger partial charge in [0.2, 0.25) is 5.91 Å². The summed E-state index contributed by atoms with van der Waals surface area (Å²) in [6, 6.07) is 9.01. The van der Waals surface area contributed by atoms with Crippen molar-refractivity contribution in [3.8, 4) is 11.1 Å². The third-order valence-electron chi connectivity index (χ3n) is 5.70. The van der Waals surface area contributed by atoms with Crippen LogP contribution in [0, 0.1) is 11.6 Å². The molecular weight excluding hydrogens is 396 g/mol. The van der Waals surface area contributed by atoms with Crippen molar-refractivity contribution in [1.29, 1.82) is 0 Å². The van der Waals surface area contributed by atoms with E-state index in [0.717, 1.165) is 6.07 Å². The maximum Gasteiger partial charge on any atom is 0.326 e. The summed E-state index contributed by atoms with van der Waals surface area (Å²) in [6.45, 7) is 2.48. The van der Waals surface area contributed by atoms with Gasteiger partial charge in [0, 0.05) is 18.1 Å². The number of carbonyl (C=O) groups excluding carboxylic acids is 1. The largest absolute Gasteiger partial charge is 0.480 e. The van der Waals surface area contributed by atoms with Crippen molar-refractivity contribution in [1.82, 2.24) is 4.90 Å². The number of rotatable bonds is 4. The first-order valence-corrected chi connectivity index (χ1v) is 9.66. The van der Waals surface area contributed by atoms with Gasteiger partial charge >= 0.3 is 5.97 Å². The number of carboxylic acid groups (broad SMARTS) is 1. The number of benzene rings is 2. The smallest absolute Gasteiger partial charge is 0.326 e. The van der Waals surface area contributed by atoms with Gasteiger partial charge in [-0.3, -0.25) is 4.79 Å². The predicted octanol–water partition coefficient (Wildman–Crippen LogP) is 3.16. The van der Waals surface area contributed by atoms with Gasteiger partial charge in [0.1, 0.15) is 17.7 Å². The lowest BCUT2D eigenvalue weighted by molar-refractivity contribution is -0.152. The fourth-order valence-electron chi connectivity index (χ4n) is 4.06. The SMILES string of the molecule is CC(C(=O)N1CC2(CC1C(=O)O)OCCO2)c1ccc(-c2ccc(F)cc2F)cc1. The maximum absolute atomic E-state index is 14.0. The topological polar surface area (TPSA) is 76.1 Å². The molecule has 2 aromatic rings. The Morgan fingerprint density at radius 1 is 1.13 bits per heavy atom. The number of carboxylic acids is 1. The second-order valence-electron chi connectivity index (χ2n) is 7.60. The third kappa shape index (κ3) is 3.68. The van der Waals surface area contributed by atoms with E-state index in [-0.39, 0.29) is 24.4 Å². The molecule has 1 spiro atoms. The standard InChI is InChI=1S/C22H21F2NO5/c1-13(14-2-4-15(5-3-14)17-7-6-16(23)10-18(17)24)20(26)25-12-22(29-8-9-30-22)11-19(25)21(27)28/h2-7,10,13,19H,8-9,11-12H2,1H3,(H,27,28). The molecule has 2 saturated heterocycles. The van der Waals surface area contributed by atoms with Gasteiger partial charge in [-0.1, -0.05) is 24.3 Å². The van der Waals surface area contributed by atoms with Gasteiger partial charge in [0.05, 0.1) is 25.7 Å². The Hall–Kier alpha value is -2.84. The molecule has 2 atom stereocenters. The summed E-state index contributed by atoms with van der Waals surface area (Å²) in [4.78, 5) is 26.1. The number of amides is 1. The van der Waals surface area contributed by atoms with Crippen LogP contribution in [-0.2, 0) is 19.1 Å². The zero-order valence-corrected chi connectivity index (χ0v) is 16.3. The fourth-order valence-corrected chi connectivity index (χ4v) is 4.06. The predicted molar refractivity (Wildman–Crippen MR) is 103 cm³/mol. The lowest BCUT2D eigenvalue weighted by Crippen LogP contribution is -2.43. The van der Waals surface area contributed by atoms with Gasteiger partial charge in [-0.2, -0.15) is 0 Å². The summed E-state index contributed by atoms with van der Waals surface area (Å²) in [7, 11) is 0. The second-order valence-corrected chi connectivity index (χ2v) is 7.60. The van der Waals surface area contributed by atoms with E-state index in [4.69, 9.17) is 9.47 Å². The minimum atomic E-state index is -1.10. The molecule has 1 N–H and O–H groups in total. The first kappa shape index (κ1) is 20.4. The van der Waals surface area contributed by atoms with E-state index in [1.54, 1.807) is 31.2 Å². The molecule has 2 heterocycles. The molecule has 2 aliphatic rings. The molecule has 0 aliphatic carbocycles. The first-order chi connectivity index (χ1) is 14.3. The lowest BCUT2D eigenvalue weighted by atomic mass is 9.96. The minimum Gasteiger partial charge on any atom is -0.480 e. The van der Waals surface area contributed by atoms with Crippen LogP contribution in [0.5, 0.6) is 0 Å². The van der Waals surface area contributed by atoms with Crippen LogP contribution in [0.1, 0.15) is 24.8 Å². The van der Waals surface area contributed by atoms with Crippen molar-refractivity contribution < 1.29 is 33.0 Å². The number of ether oxygens (including phenoxy) is 2. The summed E-state index contributed by atoms with van der Waals surface area (Å²) in [5, 5.41) is 9.57. The average Bonchev–Trinajstić information content (AvgIpc) is 3.34. The highest BCUT2D eigenvalue weighted by atomic mass is 19.1. The Balaban J connectivity index is 1.54. The van der Waals surface area contributed by atoms with Crippen molar-refractivity contribution in [2.24, 2.45) is 0 Å².